The van der Waals surface area contributed by atoms with Gasteiger partial charge in [0.2, 0.25) is 0 Å². The second kappa shape index (κ2) is 11.7. The standard InChI is InChI=1S/C31H31F3N6O/c1-4-22-7-8-24(16-23(22)6-5-21-15-27-20(2)37-38-29(27)35-18-21)30(41)36-26-10-9-25(28(17-26)31(32,33)34)19-40-13-11-39(3)12-14-40/h7-10,15-18H,4,11-14,19H2,1-3H3,(H,36,41)(H,35,37,38). The van der Waals surface area contributed by atoms with Crippen LogP contribution in [-0.2, 0) is 19.1 Å². The topological polar surface area (TPSA) is 77.2 Å². The molecule has 10 heteroatoms. The molecular formula is C31H31F3N6O. The highest BCUT2D eigenvalue weighted by Crippen LogP contribution is 2.35. The van der Waals surface area contributed by atoms with Crippen LogP contribution in [0.5, 0.6) is 0 Å². The van der Waals surface area contributed by atoms with Gasteiger partial charge in [-0.2, -0.15) is 18.3 Å². The summed E-state index contributed by atoms with van der Waals surface area (Å²) in [6, 6.07) is 11.1. The van der Waals surface area contributed by atoms with Gasteiger partial charge in [0.25, 0.3) is 5.91 Å². The SMILES string of the molecule is CCc1ccc(C(=O)Nc2ccc(CN3CCN(C)CC3)c(C(F)(F)F)c2)cc1C#Cc1cnc2[nH]nc(C)c2c1. The Labute approximate surface area is 236 Å². The highest BCUT2D eigenvalue weighted by molar-refractivity contribution is 6.04. The quantitative estimate of drug-likeness (QED) is 0.326. The Hall–Kier alpha value is -4.20. The minimum absolute atomic E-state index is 0.0894. The zero-order valence-electron chi connectivity index (χ0n) is 23.2. The molecule has 3 heterocycles. The van der Waals surface area contributed by atoms with E-state index in [0.717, 1.165) is 35.8 Å². The third-order valence-corrected chi connectivity index (χ3v) is 7.36. The molecule has 5 rings (SSSR count). The Balaban J connectivity index is 1.36. The normalized spacial score (nSPS) is 14.6. The van der Waals surface area contributed by atoms with Crippen LogP contribution in [-0.4, -0.2) is 64.1 Å². The molecule has 0 unspecified atom stereocenters. The molecule has 2 N–H and O–H groups in total. The number of rotatable bonds is 5. The van der Waals surface area contributed by atoms with Crippen molar-refractivity contribution in [3.63, 3.8) is 0 Å². The van der Waals surface area contributed by atoms with E-state index in [2.05, 4.69) is 37.2 Å². The molecule has 1 aliphatic heterocycles. The molecule has 1 aliphatic rings. The molecule has 2 aromatic carbocycles. The van der Waals surface area contributed by atoms with E-state index in [9.17, 15) is 18.0 Å². The van der Waals surface area contributed by atoms with E-state index in [1.807, 2.05) is 37.9 Å². The third-order valence-electron chi connectivity index (χ3n) is 7.36. The molecule has 0 atom stereocenters. The van der Waals surface area contributed by atoms with Crippen LogP contribution in [0.1, 0.15) is 50.8 Å². The molecule has 0 saturated carbocycles. The van der Waals surface area contributed by atoms with E-state index >= 15 is 0 Å². The number of amides is 1. The molecule has 0 spiro atoms. The van der Waals surface area contributed by atoms with E-state index in [0.29, 0.717) is 41.8 Å². The summed E-state index contributed by atoms with van der Waals surface area (Å²) in [7, 11) is 2.00. The van der Waals surface area contributed by atoms with Gasteiger partial charge in [-0.15, -0.1) is 0 Å². The van der Waals surface area contributed by atoms with E-state index in [-0.39, 0.29) is 17.8 Å². The van der Waals surface area contributed by atoms with Crippen molar-refractivity contribution in [2.24, 2.45) is 0 Å². The summed E-state index contributed by atoms with van der Waals surface area (Å²) in [5.74, 6) is 5.74. The van der Waals surface area contributed by atoms with Gasteiger partial charge >= 0.3 is 6.18 Å². The minimum atomic E-state index is -4.54. The van der Waals surface area contributed by atoms with Gasteiger partial charge in [-0.05, 0) is 61.9 Å². The third kappa shape index (κ3) is 6.59. The number of benzene rings is 2. The number of fused-ring (bicyclic) bond motifs is 1. The molecule has 0 aliphatic carbocycles. The Morgan fingerprint density at radius 3 is 2.54 bits per heavy atom. The van der Waals surface area contributed by atoms with Gasteiger partial charge in [-0.1, -0.05) is 30.9 Å². The van der Waals surface area contributed by atoms with E-state index in [4.69, 9.17) is 0 Å². The van der Waals surface area contributed by atoms with Gasteiger partial charge in [0, 0.05) is 66.7 Å². The Morgan fingerprint density at radius 2 is 1.80 bits per heavy atom. The van der Waals surface area contributed by atoms with E-state index in [1.165, 1.54) is 12.1 Å². The number of H-pyrrole nitrogens is 1. The molecule has 4 aromatic rings. The largest absolute Gasteiger partial charge is 0.416 e. The molecular weight excluding hydrogens is 529 g/mol. The van der Waals surface area contributed by atoms with Gasteiger partial charge in [-0.3, -0.25) is 14.8 Å². The lowest BCUT2D eigenvalue weighted by Crippen LogP contribution is -2.44. The zero-order chi connectivity index (χ0) is 29.1. The lowest BCUT2D eigenvalue weighted by atomic mass is 10.0. The average Bonchev–Trinajstić information content (AvgIpc) is 3.33. The monoisotopic (exact) mass is 560 g/mol. The first-order valence-corrected chi connectivity index (χ1v) is 13.5. The summed E-state index contributed by atoms with van der Waals surface area (Å²) in [4.78, 5) is 21.6. The highest BCUT2D eigenvalue weighted by atomic mass is 19.4. The van der Waals surface area contributed by atoms with Crippen LogP contribution in [0.3, 0.4) is 0 Å². The number of carbonyl (C=O) groups is 1. The number of hydrogen-bond donors (Lipinski definition) is 2. The number of likely N-dealkylation sites (N-methyl/N-ethyl adjacent to an activating group) is 1. The van der Waals surface area contributed by atoms with Crippen molar-refractivity contribution in [3.8, 4) is 11.8 Å². The van der Waals surface area contributed by atoms with Crippen LogP contribution in [0.2, 0.25) is 0 Å². The summed E-state index contributed by atoms with van der Waals surface area (Å²) < 4.78 is 42.0. The number of anilines is 1. The average molecular weight is 561 g/mol. The maximum Gasteiger partial charge on any atom is 0.416 e. The summed E-state index contributed by atoms with van der Waals surface area (Å²) in [6.45, 7) is 7.13. The molecule has 212 valence electrons. The number of nitrogens with one attached hydrogen (secondary N) is 2. The number of aryl methyl sites for hydroxylation is 2. The van der Waals surface area contributed by atoms with Crippen molar-refractivity contribution >= 4 is 22.6 Å². The number of alkyl halides is 3. The van der Waals surface area contributed by atoms with Crippen molar-refractivity contribution in [2.45, 2.75) is 33.0 Å². The molecule has 2 aromatic heterocycles. The van der Waals surface area contributed by atoms with Crippen LogP contribution in [0, 0.1) is 18.8 Å². The number of aromatic nitrogens is 3. The first-order valence-electron chi connectivity index (χ1n) is 13.5. The predicted molar refractivity (Wildman–Crippen MR) is 153 cm³/mol. The fraction of sp³-hybridized carbons (Fsp3) is 0.323. The van der Waals surface area contributed by atoms with E-state index < -0.39 is 17.6 Å². The number of aromatic amines is 1. The molecule has 1 fully saturated rings. The van der Waals surface area contributed by atoms with Gasteiger partial charge in [0.15, 0.2) is 5.65 Å². The van der Waals surface area contributed by atoms with Crippen LogP contribution >= 0.6 is 0 Å². The van der Waals surface area contributed by atoms with Crippen LogP contribution < -0.4 is 5.32 Å². The fourth-order valence-electron chi connectivity index (χ4n) is 4.88. The molecule has 0 radical (unpaired) electrons. The summed E-state index contributed by atoms with van der Waals surface area (Å²) in [5, 5.41) is 10.5. The van der Waals surface area contributed by atoms with Crippen molar-refractivity contribution in [2.75, 3.05) is 38.5 Å². The molecule has 41 heavy (non-hydrogen) atoms. The molecule has 0 bridgehead atoms. The minimum Gasteiger partial charge on any atom is -0.322 e. The maximum absolute atomic E-state index is 14.0. The van der Waals surface area contributed by atoms with Crippen molar-refractivity contribution < 1.29 is 18.0 Å². The smallest absolute Gasteiger partial charge is 0.322 e. The highest BCUT2D eigenvalue weighted by Gasteiger charge is 2.34. The van der Waals surface area contributed by atoms with Crippen LogP contribution in [0.25, 0.3) is 11.0 Å². The number of hydrogen-bond acceptors (Lipinski definition) is 5. The summed E-state index contributed by atoms with van der Waals surface area (Å²) in [5.41, 5.74) is 3.69. The van der Waals surface area contributed by atoms with Crippen molar-refractivity contribution in [3.05, 3.63) is 87.7 Å². The number of piperazine rings is 1. The first kappa shape index (κ1) is 28.3. The van der Waals surface area contributed by atoms with Crippen molar-refractivity contribution in [1.82, 2.24) is 25.0 Å². The number of pyridine rings is 1. The van der Waals surface area contributed by atoms with Gasteiger partial charge in [0.05, 0.1) is 11.3 Å². The Morgan fingerprint density at radius 1 is 1.05 bits per heavy atom. The lowest BCUT2D eigenvalue weighted by Gasteiger charge is -2.33. The van der Waals surface area contributed by atoms with Crippen LogP contribution in [0.4, 0.5) is 18.9 Å². The summed E-state index contributed by atoms with van der Waals surface area (Å²) in [6.07, 6.45) is -2.18. The summed E-state index contributed by atoms with van der Waals surface area (Å²) >= 11 is 0. The molecule has 7 nitrogen and oxygen atoms in total. The van der Waals surface area contributed by atoms with Gasteiger partial charge in [-0.25, -0.2) is 4.98 Å². The van der Waals surface area contributed by atoms with Gasteiger partial charge < -0.3 is 10.2 Å². The van der Waals surface area contributed by atoms with Crippen molar-refractivity contribution in [1.29, 1.82) is 0 Å². The molecule has 1 saturated heterocycles. The second-order valence-electron chi connectivity index (χ2n) is 10.3. The fourth-order valence-corrected chi connectivity index (χ4v) is 4.88. The zero-order valence-corrected chi connectivity index (χ0v) is 23.2. The Kier molecular flexibility index (Phi) is 8.10. The first-order chi connectivity index (χ1) is 19.6. The lowest BCUT2D eigenvalue weighted by molar-refractivity contribution is -0.138. The number of halogens is 3. The van der Waals surface area contributed by atoms with Crippen LogP contribution in [0.15, 0.2) is 48.7 Å². The maximum atomic E-state index is 14.0. The van der Waals surface area contributed by atoms with Gasteiger partial charge in [0.1, 0.15) is 0 Å². The Bertz CT molecular complexity index is 1640. The number of carbonyl (C=O) groups excluding carboxylic acids is 1. The predicted octanol–water partition coefficient (Wildman–Crippen LogP) is 5.25. The second-order valence-corrected chi connectivity index (χ2v) is 10.3. The molecule has 1 amide bonds. The van der Waals surface area contributed by atoms with E-state index in [1.54, 1.807) is 18.3 Å². The number of nitrogens with zero attached hydrogens (tertiary/aromatic N) is 4.